The van der Waals surface area contributed by atoms with Crippen molar-refractivity contribution >= 4 is 22.7 Å². The van der Waals surface area contributed by atoms with Crippen LogP contribution >= 0.6 is 0 Å². The summed E-state index contributed by atoms with van der Waals surface area (Å²) in [5.74, 6) is 0.119. The fourth-order valence-corrected chi connectivity index (χ4v) is 4.80. The molecule has 2 aromatic rings. The van der Waals surface area contributed by atoms with E-state index in [9.17, 15) is 9.59 Å². The zero-order valence-corrected chi connectivity index (χ0v) is 17.1. The molecule has 2 heterocycles. The number of rotatable bonds is 2. The first-order valence-electron chi connectivity index (χ1n) is 10.7. The Hall–Kier alpha value is -2.47. The Morgan fingerprint density at radius 3 is 2.83 bits per heavy atom. The standard InChI is InChI=1S/C23H30N4O2/c1-17(28)27-14-5-13-26(15-12-24-23(29)20-7-4-9-22(20)27)16-19-11-10-18-6-2-3-8-21(18)25-19/h2-3,6,8,10-11,20,22H,4-5,7,9,12-16H2,1H3,(H,24,29). The maximum Gasteiger partial charge on any atom is 0.225 e. The van der Waals surface area contributed by atoms with Gasteiger partial charge in [-0.3, -0.25) is 19.5 Å². The third-order valence-electron chi connectivity index (χ3n) is 6.26. The predicted molar refractivity (Wildman–Crippen MR) is 113 cm³/mol. The number of nitrogens with one attached hydrogen (secondary N) is 1. The lowest BCUT2D eigenvalue weighted by Crippen LogP contribution is -2.46. The summed E-state index contributed by atoms with van der Waals surface area (Å²) in [5, 5.41) is 4.26. The second-order valence-corrected chi connectivity index (χ2v) is 8.23. The number of aromatic nitrogens is 1. The number of pyridine rings is 1. The number of amides is 2. The summed E-state index contributed by atoms with van der Waals surface area (Å²) in [6.45, 7) is 5.39. The van der Waals surface area contributed by atoms with Crippen LogP contribution in [-0.2, 0) is 16.1 Å². The number of fused-ring (bicyclic) bond motifs is 2. The maximum atomic E-state index is 12.7. The van der Waals surface area contributed by atoms with Crippen LogP contribution in [-0.4, -0.2) is 58.8 Å². The molecule has 6 heteroatoms. The molecular weight excluding hydrogens is 364 g/mol. The molecule has 1 aliphatic heterocycles. The monoisotopic (exact) mass is 394 g/mol. The van der Waals surface area contributed by atoms with Crippen LogP contribution in [0.25, 0.3) is 10.9 Å². The molecule has 2 amide bonds. The largest absolute Gasteiger partial charge is 0.355 e. The molecule has 2 fully saturated rings. The summed E-state index contributed by atoms with van der Waals surface area (Å²) >= 11 is 0. The van der Waals surface area contributed by atoms with E-state index >= 15 is 0 Å². The average molecular weight is 395 g/mol. The van der Waals surface area contributed by atoms with Gasteiger partial charge in [0.1, 0.15) is 0 Å². The maximum absolute atomic E-state index is 12.7. The smallest absolute Gasteiger partial charge is 0.225 e. The van der Waals surface area contributed by atoms with E-state index in [1.165, 1.54) is 0 Å². The Morgan fingerprint density at radius 1 is 1.10 bits per heavy atom. The van der Waals surface area contributed by atoms with Crippen LogP contribution in [0.5, 0.6) is 0 Å². The second-order valence-electron chi connectivity index (χ2n) is 8.23. The van der Waals surface area contributed by atoms with Gasteiger partial charge < -0.3 is 10.2 Å². The minimum absolute atomic E-state index is 0.0567. The molecule has 0 bridgehead atoms. The van der Waals surface area contributed by atoms with E-state index in [4.69, 9.17) is 4.98 Å². The van der Waals surface area contributed by atoms with E-state index in [1.54, 1.807) is 6.92 Å². The number of nitrogens with zero attached hydrogens (tertiary/aromatic N) is 3. The summed E-state index contributed by atoms with van der Waals surface area (Å²) in [7, 11) is 0. The van der Waals surface area contributed by atoms with Crippen molar-refractivity contribution in [1.29, 1.82) is 0 Å². The van der Waals surface area contributed by atoms with Crippen molar-refractivity contribution in [3.05, 3.63) is 42.1 Å². The highest BCUT2D eigenvalue weighted by atomic mass is 16.2. The van der Waals surface area contributed by atoms with Crippen LogP contribution in [0, 0.1) is 5.92 Å². The Morgan fingerprint density at radius 2 is 1.97 bits per heavy atom. The van der Waals surface area contributed by atoms with E-state index in [2.05, 4.69) is 28.4 Å². The van der Waals surface area contributed by atoms with Crippen LogP contribution in [0.1, 0.15) is 38.3 Å². The quantitative estimate of drug-likeness (QED) is 0.850. The van der Waals surface area contributed by atoms with E-state index in [0.29, 0.717) is 13.1 Å². The van der Waals surface area contributed by atoms with Gasteiger partial charge in [0.25, 0.3) is 0 Å². The first-order chi connectivity index (χ1) is 14.1. The van der Waals surface area contributed by atoms with E-state index < -0.39 is 0 Å². The molecule has 2 unspecified atom stereocenters. The van der Waals surface area contributed by atoms with Gasteiger partial charge in [-0.25, -0.2) is 0 Å². The molecule has 29 heavy (non-hydrogen) atoms. The summed E-state index contributed by atoms with van der Waals surface area (Å²) in [6, 6.07) is 12.4. The first-order valence-corrected chi connectivity index (χ1v) is 10.7. The average Bonchev–Trinajstić information content (AvgIpc) is 3.19. The SMILES string of the molecule is CC(=O)N1CCCN(Cc2ccc3ccccc3n2)CCNC(=O)C2CCCC21. The summed E-state index contributed by atoms with van der Waals surface area (Å²) in [4.78, 5) is 34.1. The van der Waals surface area contributed by atoms with Crippen LogP contribution in [0.3, 0.4) is 0 Å². The van der Waals surface area contributed by atoms with Crippen molar-refractivity contribution in [2.75, 3.05) is 26.2 Å². The molecule has 4 rings (SSSR count). The van der Waals surface area contributed by atoms with E-state index in [0.717, 1.165) is 61.9 Å². The van der Waals surface area contributed by atoms with Crippen molar-refractivity contribution in [2.24, 2.45) is 5.92 Å². The van der Waals surface area contributed by atoms with E-state index in [-0.39, 0.29) is 23.8 Å². The van der Waals surface area contributed by atoms with Crippen molar-refractivity contribution in [3.63, 3.8) is 0 Å². The lowest BCUT2D eigenvalue weighted by molar-refractivity contribution is -0.134. The highest BCUT2D eigenvalue weighted by Gasteiger charge is 2.37. The van der Waals surface area contributed by atoms with Crippen molar-refractivity contribution in [2.45, 2.75) is 45.2 Å². The van der Waals surface area contributed by atoms with Gasteiger partial charge in [-0.1, -0.05) is 30.7 Å². The third-order valence-corrected chi connectivity index (χ3v) is 6.26. The van der Waals surface area contributed by atoms with Gasteiger partial charge in [0, 0.05) is 51.1 Å². The van der Waals surface area contributed by atoms with Crippen molar-refractivity contribution < 1.29 is 9.59 Å². The Bertz CT molecular complexity index is 884. The number of para-hydroxylation sites is 1. The lowest BCUT2D eigenvalue weighted by Gasteiger charge is -2.31. The van der Waals surface area contributed by atoms with Crippen LogP contribution in [0.4, 0.5) is 0 Å². The summed E-state index contributed by atoms with van der Waals surface area (Å²) in [6.07, 6.45) is 3.74. The second kappa shape index (κ2) is 8.91. The number of hydrogen-bond donors (Lipinski definition) is 1. The predicted octanol–water partition coefficient (Wildman–Crippen LogP) is 2.57. The molecule has 1 saturated heterocycles. The first kappa shape index (κ1) is 19.8. The Kier molecular flexibility index (Phi) is 6.09. The fraction of sp³-hybridized carbons (Fsp3) is 0.522. The van der Waals surface area contributed by atoms with Crippen LogP contribution < -0.4 is 5.32 Å². The van der Waals surface area contributed by atoms with Crippen molar-refractivity contribution in [3.8, 4) is 0 Å². The van der Waals surface area contributed by atoms with Gasteiger partial charge in [0.2, 0.25) is 11.8 Å². The van der Waals surface area contributed by atoms with Gasteiger partial charge in [0.15, 0.2) is 0 Å². The van der Waals surface area contributed by atoms with Crippen LogP contribution in [0.15, 0.2) is 36.4 Å². The topological polar surface area (TPSA) is 65.5 Å². The molecule has 1 aliphatic carbocycles. The number of carbonyl (C=O) groups excluding carboxylic acids is 2. The highest BCUT2D eigenvalue weighted by molar-refractivity contribution is 5.81. The molecule has 2 atom stereocenters. The zero-order valence-electron chi connectivity index (χ0n) is 17.1. The van der Waals surface area contributed by atoms with Gasteiger partial charge in [0.05, 0.1) is 17.1 Å². The molecule has 1 aromatic heterocycles. The highest BCUT2D eigenvalue weighted by Crippen LogP contribution is 2.30. The molecule has 154 valence electrons. The molecule has 2 aliphatic rings. The normalized spacial score (nSPS) is 24.0. The van der Waals surface area contributed by atoms with Gasteiger partial charge in [-0.05, 0) is 31.4 Å². The number of benzene rings is 1. The van der Waals surface area contributed by atoms with Gasteiger partial charge >= 0.3 is 0 Å². The minimum Gasteiger partial charge on any atom is -0.355 e. The zero-order chi connectivity index (χ0) is 20.2. The molecule has 0 radical (unpaired) electrons. The molecule has 1 N–H and O–H groups in total. The van der Waals surface area contributed by atoms with Gasteiger partial charge in [-0.15, -0.1) is 0 Å². The summed E-state index contributed by atoms with van der Waals surface area (Å²) in [5.41, 5.74) is 2.04. The number of carbonyl (C=O) groups is 2. The molecular formula is C23H30N4O2. The third kappa shape index (κ3) is 4.58. The summed E-state index contributed by atoms with van der Waals surface area (Å²) < 4.78 is 0. The molecule has 6 nitrogen and oxygen atoms in total. The lowest BCUT2D eigenvalue weighted by atomic mass is 10.0. The number of hydrogen-bond acceptors (Lipinski definition) is 4. The molecule has 1 aromatic carbocycles. The van der Waals surface area contributed by atoms with E-state index in [1.807, 2.05) is 23.1 Å². The Labute approximate surface area is 172 Å². The van der Waals surface area contributed by atoms with Crippen molar-refractivity contribution in [1.82, 2.24) is 20.1 Å². The molecule has 0 spiro atoms. The molecule has 1 saturated carbocycles. The minimum atomic E-state index is -0.0624. The van der Waals surface area contributed by atoms with Crippen LogP contribution in [0.2, 0.25) is 0 Å². The van der Waals surface area contributed by atoms with Gasteiger partial charge in [-0.2, -0.15) is 0 Å². The Balaban J connectivity index is 1.47. The fourth-order valence-electron chi connectivity index (χ4n) is 4.80.